The maximum absolute atomic E-state index is 13.7. The van der Waals surface area contributed by atoms with Crippen molar-refractivity contribution in [3.8, 4) is 0 Å². The molecule has 0 aromatic heterocycles. The van der Waals surface area contributed by atoms with E-state index in [1.807, 2.05) is 19.2 Å². The molecule has 39 heavy (non-hydrogen) atoms. The molecular formula is C29H32N6O4. The van der Waals surface area contributed by atoms with Crippen LogP contribution < -0.4 is 21.3 Å². The van der Waals surface area contributed by atoms with Gasteiger partial charge in [0.15, 0.2) is 0 Å². The topological polar surface area (TPSA) is 128 Å². The van der Waals surface area contributed by atoms with E-state index >= 15 is 0 Å². The molecule has 1 fully saturated rings. The summed E-state index contributed by atoms with van der Waals surface area (Å²) < 4.78 is 0. The minimum absolute atomic E-state index is 0.183. The van der Waals surface area contributed by atoms with Crippen molar-refractivity contribution in [3.05, 3.63) is 76.9 Å². The van der Waals surface area contributed by atoms with Crippen LogP contribution in [0.5, 0.6) is 0 Å². The molecule has 0 atom stereocenters. The van der Waals surface area contributed by atoms with E-state index in [2.05, 4.69) is 15.5 Å². The number of likely N-dealkylation sites (N-methyl/N-ethyl adjacent to an activating group) is 1. The Labute approximate surface area is 226 Å². The number of carbonyl (C=O) groups is 4. The van der Waals surface area contributed by atoms with Gasteiger partial charge in [-0.05, 0) is 42.8 Å². The van der Waals surface area contributed by atoms with Crippen molar-refractivity contribution in [1.82, 2.24) is 20.4 Å². The fourth-order valence-electron chi connectivity index (χ4n) is 5.05. The number of nitrogens with zero attached hydrogens (tertiary/aromatic N) is 3. The number of nitrogens with one attached hydrogen (secondary N) is 2. The first-order valence-corrected chi connectivity index (χ1v) is 13.1. The second-order valence-corrected chi connectivity index (χ2v) is 9.81. The zero-order valence-electron chi connectivity index (χ0n) is 21.9. The van der Waals surface area contributed by atoms with Crippen LogP contribution in [0.25, 0.3) is 10.8 Å². The van der Waals surface area contributed by atoms with Gasteiger partial charge in [0, 0.05) is 80.0 Å². The van der Waals surface area contributed by atoms with Gasteiger partial charge < -0.3 is 26.2 Å². The lowest BCUT2D eigenvalue weighted by molar-refractivity contribution is 0.0663. The maximum Gasteiger partial charge on any atom is 0.265 e. The first-order valence-electron chi connectivity index (χ1n) is 13.1. The van der Waals surface area contributed by atoms with Crippen molar-refractivity contribution in [2.75, 3.05) is 64.3 Å². The number of hydrogen-bond acceptors (Lipinski definition) is 7. The minimum Gasteiger partial charge on any atom is -0.351 e. The Kier molecular flexibility index (Phi) is 7.69. The molecule has 5 rings (SSSR count). The average Bonchev–Trinajstić information content (AvgIpc) is 2.95. The fraction of sp³-hybridized carbons (Fsp3) is 0.310. The SMILES string of the molecule is CN1CCN(C(=O)c2cc(C(=O)NCCNCCN)cc(N3C(=O)c4cccc5cccc(c45)C3=O)c2)CC1. The zero-order chi connectivity index (χ0) is 27.5. The summed E-state index contributed by atoms with van der Waals surface area (Å²) in [6, 6.07) is 15.2. The van der Waals surface area contributed by atoms with E-state index in [-0.39, 0.29) is 22.7 Å². The molecule has 10 nitrogen and oxygen atoms in total. The highest BCUT2D eigenvalue weighted by molar-refractivity contribution is 6.36. The lowest BCUT2D eigenvalue weighted by atomic mass is 9.93. The highest BCUT2D eigenvalue weighted by Gasteiger charge is 2.35. The van der Waals surface area contributed by atoms with Crippen molar-refractivity contribution in [3.63, 3.8) is 0 Å². The highest BCUT2D eigenvalue weighted by atomic mass is 16.2. The van der Waals surface area contributed by atoms with Gasteiger partial charge in [0.05, 0.1) is 5.69 Å². The normalized spacial score (nSPS) is 15.6. The Bertz CT molecular complexity index is 1400. The van der Waals surface area contributed by atoms with Gasteiger partial charge in [-0.2, -0.15) is 0 Å². The molecule has 0 radical (unpaired) electrons. The van der Waals surface area contributed by atoms with Crippen molar-refractivity contribution in [2.45, 2.75) is 0 Å². The Morgan fingerprint density at radius 3 is 2.13 bits per heavy atom. The second-order valence-electron chi connectivity index (χ2n) is 9.81. The van der Waals surface area contributed by atoms with Crippen LogP contribution in [0.4, 0.5) is 5.69 Å². The molecule has 4 N–H and O–H groups in total. The molecule has 0 spiro atoms. The highest BCUT2D eigenvalue weighted by Crippen LogP contribution is 2.33. The molecule has 3 aromatic carbocycles. The zero-order valence-corrected chi connectivity index (χ0v) is 21.9. The largest absolute Gasteiger partial charge is 0.351 e. The Hall–Kier alpha value is -4.12. The Balaban J connectivity index is 1.52. The average molecular weight is 529 g/mol. The number of imide groups is 1. The molecule has 4 amide bonds. The predicted octanol–water partition coefficient (Wildman–Crippen LogP) is 1.31. The summed E-state index contributed by atoms with van der Waals surface area (Å²) in [6.45, 7) is 4.55. The quantitative estimate of drug-likeness (QED) is 0.297. The molecule has 0 unspecified atom stereocenters. The molecule has 2 heterocycles. The van der Waals surface area contributed by atoms with E-state index in [1.165, 1.54) is 18.2 Å². The molecule has 0 aliphatic carbocycles. The van der Waals surface area contributed by atoms with Crippen LogP contribution in [0.3, 0.4) is 0 Å². The second kappa shape index (κ2) is 11.3. The van der Waals surface area contributed by atoms with E-state index in [0.29, 0.717) is 55.8 Å². The number of carbonyl (C=O) groups excluding carboxylic acids is 4. The van der Waals surface area contributed by atoms with Crippen LogP contribution in [0.15, 0.2) is 54.6 Å². The van der Waals surface area contributed by atoms with Gasteiger partial charge in [-0.25, -0.2) is 4.90 Å². The lowest BCUT2D eigenvalue weighted by Gasteiger charge is -2.33. The smallest absolute Gasteiger partial charge is 0.265 e. The van der Waals surface area contributed by atoms with Crippen molar-refractivity contribution >= 4 is 40.1 Å². The van der Waals surface area contributed by atoms with Crippen LogP contribution in [0, 0.1) is 0 Å². The standard InChI is InChI=1S/C29H32N6O4/c1-33-12-14-34(15-13-33)27(37)21-16-20(26(36)32-11-10-31-9-8-30)17-22(18-21)35-28(38)23-6-2-4-19-5-3-7-24(25(19)23)29(35)39/h2-7,16-18,31H,8-15,30H2,1H3,(H,32,36). The van der Waals surface area contributed by atoms with Crippen molar-refractivity contribution in [1.29, 1.82) is 0 Å². The third-order valence-corrected chi connectivity index (χ3v) is 7.16. The van der Waals surface area contributed by atoms with Crippen molar-refractivity contribution in [2.24, 2.45) is 5.73 Å². The summed E-state index contributed by atoms with van der Waals surface area (Å²) in [5.74, 6) is -1.64. The lowest BCUT2D eigenvalue weighted by Crippen LogP contribution is -2.47. The Morgan fingerprint density at radius 1 is 0.846 bits per heavy atom. The van der Waals surface area contributed by atoms with Crippen LogP contribution in [0.2, 0.25) is 0 Å². The third kappa shape index (κ3) is 5.26. The minimum atomic E-state index is -0.495. The van der Waals surface area contributed by atoms with E-state index in [0.717, 1.165) is 23.4 Å². The van der Waals surface area contributed by atoms with Gasteiger partial charge >= 0.3 is 0 Å². The van der Waals surface area contributed by atoms with Crippen molar-refractivity contribution < 1.29 is 19.2 Å². The third-order valence-electron chi connectivity index (χ3n) is 7.16. The summed E-state index contributed by atoms with van der Waals surface area (Å²) in [5, 5.41) is 7.35. The molecule has 202 valence electrons. The number of piperazine rings is 1. The van der Waals surface area contributed by atoms with E-state index in [1.54, 1.807) is 29.2 Å². The molecule has 10 heteroatoms. The number of anilines is 1. The summed E-state index contributed by atoms with van der Waals surface area (Å²) in [4.78, 5) is 58.9. The van der Waals surface area contributed by atoms with Crippen LogP contribution >= 0.6 is 0 Å². The summed E-state index contributed by atoms with van der Waals surface area (Å²) in [6.07, 6.45) is 0. The van der Waals surface area contributed by atoms with Gasteiger partial charge in [-0.15, -0.1) is 0 Å². The first kappa shape index (κ1) is 26.5. The number of rotatable bonds is 8. The summed E-state index contributed by atoms with van der Waals surface area (Å²) >= 11 is 0. The Morgan fingerprint density at radius 2 is 1.49 bits per heavy atom. The molecular weight excluding hydrogens is 496 g/mol. The monoisotopic (exact) mass is 528 g/mol. The van der Waals surface area contributed by atoms with Crippen LogP contribution in [0.1, 0.15) is 41.4 Å². The summed E-state index contributed by atoms with van der Waals surface area (Å²) in [5.41, 5.74) is 6.92. The van der Waals surface area contributed by atoms with Gasteiger partial charge in [-0.1, -0.05) is 24.3 Å². The molecule has 3 aromatic rings. The number of nitrogens with two attached hydrogens (primary N) is 1. The molecule has 1 saturated heterocycles. The molecule has 0 bridgehead atoms. The van der Waals surface area contributed by atoms with Gasteiger partial charge in [0.25, 0.3) is 23.6 Å². The fourth-order valence-corrected chi connectivity index (χ4v) is 5.05. The maximum atomic E-state index is 13.7. The summed E-state index contributed by atoms with van der Waals surface area (Å²) in [7, 11) is 2.00. The molecule has 2 aliphatic rings. The van der Waals surface area contributed by atoms with Gasteiger partial charge in [-0.3, -0.25) is 19.2 Å². The van der Waals surface area contributed by atoms with E-state index in [4.69, 9.17) is 5.73 Å². The molecule has 2 aliphatic heterocycles. The number of hydrogen-bond donors (Lipinski definition) is 3. The number of amides is 4. The predicted molar refractivity (Wildman–Crippen MR) is 149 cm³/mol. The molecule has 0 saturated carbocycles. The van der Waals surface area contributed by atoms with Crippen LogP contribution in [-0.4, -0.2) is 92.8 Å². The van der Waals surface area contributed by atoms with Gasteiger partial charge in [0.1, 0.15) is 0 Å². The van der Waals surface area contributed by atoms with E-state index in [9.17, 15) is 19.2 Å². The van der Waals surface area contributed by atoms with Crippen LogP contribution in [-0.2, 0) is 0 Å². The first-order chi connectivity index (χ1) is 18.9. The number of benzene rings is 3. The van der Waals surface area contributed by atoms with Gasteiger partial charge in [0.2, 0.25) is 0 Å². The van der Waals surface area contributed by atoms with E-state index < -0.39 is 17.7 Å².